The average Bonchev–Trinajstić information content (AvgIpc) is 2.61. The molecule has 1 heterocycles. The molecule has 2 atom stereocenters. The van der Waals surface area contributed by atoms with Crippen LogP contribution in [0.3, 0.4) is 0 Å². The van der Waals surface area contributed by atoms with E-state index in [4.69, 9.17) is 0 Å². The normalized spacial score (nSPS) is 17.9. The number of thioether (sulfide) groups is 1. The maximum atomic E-state index is 13.0. The van der Waals surface area contributed by atoms with E-state index < -0.39 is 17.6 Å². The summed E-state index contributed by atoms with van der Waals surface area (Å²) in [6.07, 6.45) is -3.46. The molecule has 1 aliphatic rings. The molecule has 2 N–H and O–H groups in total. The highest BCUT2D eigenvalue weighted by atomic mass is 32.2. The highest BCUT2D eigenvalue weighted by Crippen LogP contribution is 2.36. The predicted octanol–water partition coefficient (Wildman–Crippen LogP) is 5.25. The van der Waals surface area contributed by atoms with Gasteiger partial charge in [0.1, 0.15) is 0 Å². The molecule has 1 amide bonds. The first kappa shape index (κ1) is 19.8. The number of halogens is 3. The summed E-state index contributed by atoms with van der Waals surface area (Å²) in [6.45, 7) is 1.87. The number of fused-ring (bicyclic) bond motifs is 1. The number of amides is 1. The predicted molar refractivity (Wildman–Crippen MR) is 102 cm³/mol. The van der Waals surface area contributed by atoms with Gasteiger partial charge in [0.15, 0.2) is 0 Å². The number of hydrogen-bond donors (Lipinski definition) is 2. The van der Waals surface area contributed by atoms with Gasteiger partial charge in [-0.25, -0.2) is 0 Å². The fraction of sp³-hybridized carbons (Fsp3) is 0.350. The van der Waals surface area contributed by atoms with E-state index >= 15 is 0 Å². The van der Waals surface area contributed by atoms with Crippen molar-refractivity contribution in [1.29, 1.82) is 0 Å². The number of benzene rings is 2. The summed E-state index contributed by atoms with van der Waals surface area (Å²) >= 11 is 1.81. The van der Waals surface area contributed by atoms with E-state index in [1.165, 1.54) is 28.7 Å². The Morgan fingerprint density at radius 2 is 1.89 bits per heavy atom. The van der Waals surface area contributed by atoms with E-state index in [-0.39, 0.29) is 24.2 Å². The molecule has 0 spiro atoms. The lowest BCUT2D eigenvalue weighted by Crippen LogP contribution is -2.35. The molecule has 0 bridgehead atoms. The molecule has 0 saturated heterocycles. The van der Waals surface area contributed by atoms with Gasteiger partial charge in [-0.15, -0.1) is 11.8 Å². The zero-order chi connectivity index (χ0) is 19.4. The van der Waals surface area contributed by atoms with E-state index in [0.717, 1.165) is 18.2 Å². The molecule has 3 nitrogen and oxygen atoms in total. The molecular formula is C20H21F3N2OS. The van der Waals surface area contributed by atoms with Gasteiger partial charge in [-0.3, -0.25) is 4.79 Å². The van der Waals surface area contributed by atoms with E-state index in [1.807, 2.05) is 30.8 Å². The van der Waals surface area contributed by atoms with E-state index in [2.05, 4.69) is 22.8 Å². The Morgan fingerprint density at radius 3 is 2.67 bits per heavy atom. The van der Waals surface area contributed by atoms with Crippen LogP contribution in [0.1, 0.15) is 36.9 Å². The Kier molecular flexibility index (Phi) is 6.11. The lowest BCUT2D eigenvalue weighted by molar-refractivity contribution is -0.137. The lowest BCUT2D eigenvalue weighted by atomic mass is 10.0. The van der Waals surface area contributed by atoms with Gasteiger partial charge in [-0.05, 0) is 42.9 Å². The first-order valence-corrected chi connectivity index (χ1v) is 9.77. The Balaban J connectivity index is 1.61. The molecular weight excluding hydrogens is 373 g/mol. The molecule has 0 radical (unpaired) electrons. The Morgan fingerprint density at radius 1 is 1.19 bits per heavy atom. The van der Waals surface area contributed by atoms with Crippen LogP contribution in [0, 0.1) is 0 Å². The van der Waals surface area contributed by atoms with Crippen molar-refractivity contribution < 1.29 is 18.0 Å². The smallest absolute Gasteiger partial charge is 0.325 e. The molecule has 0 fully saturated rings. The number of hydrogen-bond acceptors (Lipinski definition) is 3. The standard InChI is InChI=1S/C20H21F3N2OS/c1-13(24-16-10-11-27-18-9-5-2-6-14(16)18)12-19(26)25-17-8-4-3-7-15(17)20(21,22)23/h2-9,13,16,24H,10-12H2,1H3,(H,25,26). The SMILES string of the molecule is CC(CC(=O)Nc1ccccc1C(F)(F)F)NC1CCSc2ccccc21. The van der Waals surface area contributed by atoms with Crippen LogP contribution in [0.4, 0.5) is 18.9 Å². The van der Waals surface area contributed by atoms with Crippen molar-refractivity contribution in [3.05, 3.63) is 59.7 Å². The van der Waals surface area contributed by atoms with E-state index in [9.17, 15) is 18.0 Å². The number of carbonyl (C=O) groups excluding carboxylic acids is 1. The third-order valence-electron chi connectivity index (χ3n) is 4.44. The second kappa shape index (κ2) is 8.35. The van der Waals surface area contributed by atoms with Gasteiger partial charge in [-0.2, -0.15) is 13.2 Å². The monoisotopic (exact) mass is 394 g/mol. The minimum Gasteiger partial charge on any atom is -0.325 e. The third kappa shape index (κ3) is 5.05. The molecule has 0 aliphatic carbocycles. The molecule has 0 aromatic heterocycles. The second-order valence-electron chi connectivity index (χ2n) is 6.59. The summed E-state index contributed by atoms with van der Waals surface area (Å²) < 4.78 is 39.1. The van der Waals surface area contributed by atoms with Crippen LogP contribution in [0.25, 0.3) is 0 Å². The number of alkyl halides is 3. The summed E-state index contributed by atoms with van der Waals surface area (Å²) in [5, 5.41) is 5.84. The van der Waals surface area contributed by atoms with Crippen molar-refractivity contribution in [2.45, 2.75) is 42.9 Å². The fourth-order valence-electron chi connectivity index (χ4n) is 3.24. The summed E-state index contributed by atoms with van der Waals surface area (Å²) in [5.41, 5.74) is 0.169. The highest BCUT2D eigenvalue weighted by molar-refractivity contribution is 7.99. The topological polar surface area (TPSA) is 41.1 Å². The molecule has 2 unspecified atom stereocenters. The molecule has 3 rings (SSSR count). The quantitative estimate of drug-likeness (QED) is 0.728. The van der Waals surface area contributed by atoms with Crippen molar-refractivity contribution in [3.8, 4) is 0 Å². The average molecular weight is 394 g/mol. The third-order valence-corrected chi connectivity index (χ3v) is 5.56. The van der Waals surface area contributed by atoms with E-state index in [1.54, 1.807) is 0 Å². The van der Waals surface area contributed by atoms with Crippen molar-refractivity contribution in [2.24, 2.45) is 0 Å². The van der Waals surface area contributed by atoms with Crippen molar-refractivity contribution in [2.75, 3.05) is 11.1 Å². The maximum Gasteiger partial charge on any atom is 0.418 e. The molecule has 7 heteroatoms. The van der Waals surface area contributed by atoms with Gasteiger partial charge in [-0.1, -0.05) is 30.3 Å². The Labute approximate surface area is 160 Å². The minimum absolute atomic E-state index is 0.0952. The van der Waals surface area contributed by atoms with Gasteiger partial charge in [0.2, 0.25) is 5.91 Å². The number of carbonyl (C=O) groups is 1. The van der Waals surface area contributed by atoms with Gasteiger partial charge in [0, 0.05) is 23.4 Å². The van der Waals surface area contributed by atoms with Crippen LogP contribution in [0.2, 0.25) is 0 Å². The fourth-order valence-corrected chi connectivity index (χ4v) is 4.36. The largest absolute Gasteiger partial charge is 0.418 e. The zero-order valence-corrected chi connectivity index (χ0v) is 15.7. The second-order valence-corrected chi connectivity index (χ2v) is 7.73. The Bertz CT molecular complexity index is 810. The lowest BCUT2D eigenvalue weighted by Gasteiger charge is -2.28. The molecule has 2 aromatic rings. The highest BCUT2D eigenvalue weighted by Gasteiger charge is 2.33. The number of para-hydroxylation sites is 1. The summed E-state index contributed by atoms with van der Waals surface area (Å²) in [4.78, 5) is 13.5. The summed E-state index contributed by atoms with van der Waals surface area (Å²) in [7, 11) is 0. The number of anilines is 1. The van der Waals surface area contributed by atoms with Crippen LogP contribution in [-0.4, -0.2) is 17.7 Å². The summed E-state index contributed by atoms with van der Waals surface area (Å²) in [5.74, 6) is 0.553. The number of rotatable bonds is 5. The molecule has 0 saturated carbocycles. The van der Waals surface area contributed by atoms with Crippen molar-refractivity contribution in [1.82, 2.24) is 5.32 Å². The van der Waals surface area contributed by atoms with Crippen LogP contribution >= 0.6 is 11.8 Å². The van der Waals surface area contributed by atoms with Gasteiger partial charge >= 0.3 is 6.18 Å². The van der Waals surface area contributed by atoms with Crippen molar-refractivity contribution >= 4 is 23.4 Å². The van der Waals surface area contributed by atoms with Crippen LogP contribution < -0.4 is 10.6 Å². The van der Waals surface area contributed by atoms with E-state index in [0.29, 0.717) is 0 Å². The van der Waals surface area contributed by atoms with Gasteiger partial charge in [0.25, 0.3) is 0 Å². The van der Waals surface area contributed by atoms with Gasteiger partial charge in [0.05, 0.1) is 11.3 Å². The number of nitrogens with one attached hydrogen (secondary N) is 2. The zero-order valence-electron chi connectivity index (χ0n) is 14.8. The Hall–Kier alpha value is -1.99. The molecule has 27 heavy (non-hydrogen) atoms. The van der Waals surface area contributed by atoms with Gasteiger partial charge < -0.3 is 10.6 Å². The van der Waals surface area contributed by atoms with Crippen LogP contribution in [0.15, 0.2) is 53.4 Å². The van der Waals surface area contributed by atoms with Crippen molar-refractivity contribution in [3.63, 3.8) is 0 Å². The van der Waals surface area contributed by atoms with Crippen LogP contribution in [-0.2, 0) is 11.0 Å². The summed E-state index contributed by atoms with van der Waals surface area (Å²) in [6, 6.07) is 13.2. The minimum atomic E-state index is -4.50. The first-order chi connectivity index (χ1) is 12.8. The molecule has 144 valence electrons. The van der Waals surface area contributed by atoms with Crippen LogP contribution in [0.5, 0.6) is 0 Å². The molecule has 1 aliphatic heterocycles. The first-order valence-electron chi connectivity index (χ1n) is 8.78. The maximum absolute atomic E-state index is 13.0. The molecule has 2 aromatic carbocycles.